The number of nitrogens with zero attached hydrogens (tertiary/aromatic N) is 1. The Bertz CT molecular complexity index is 932. The van der Waals surface area contributed by atoms with Gasteiger partial charge in [-0.05, 0) is 36.8 Å². The highest BCUT2D eigenvalue weighted by molar-refractivity contribution is 5.24. The lowest BCUT2D eigenvalue weighted by atomic mass is 10.1. The van der Waals surface area contributed by atoms with Gasteiger partial charge in [-0.2, -0.15) is 13.2 Å². The average molecular weight is 417 g/mol. The van der Waals surface area contributed by atoms with E-state index in [1.165, 1.54) is 21.7 Å². The smallest absolute Gasteiger partial charge is 0.379 e. The minimum Gasteiger partial charge on any atom is -0.379 e. The van der Waals surface area contributed by atoms with Crippen LogP contribution in [-0.2, 0) is 30.5 Å². The predicted octanol–water partition coefficient (Wildman–Crippen LogP) is 4.10. The zero-order valence-corrected chi connectivity index (χ0v) is 17.4. The summed E-state index contributed by atoms with van der Waals surface area (Å²) in [6.45, 7) is 5.64. The molecule has 2 aromatic carbocycles. The first kappa shape index (κ1) is 22.1. The summed E-state index contributed by atoms with van der Waals surface area (Å²) in [6.07, 6.45) is -2.23. The standard InChI is InChI=1S/C24H27F3N2O/c1-19-5-3-6-21(15-19)17-29-12-4-7-23(29)18-28(13-14-30-2)16-20-8-10-22(11-9-20)24(25,26)27/h3-12,15H,13-14,16-18H2,1-2H3/p+1. The van der Waals surface area contributed by atoms with Gasteiger partial charge in [0.1, 0.15) is 19.6 Å². The molecule has 6 heteroatoms. The van der Waals surface area contributed by atoms with Crippen LogP contribution in [0.3, 0.4) is 0 Å². The number of halogens is 3. The highest BCUT2D eigenvalue weighted by Crippen LogP contribution is 2.28. The summed E-state index contributed by atoms with van der Waals surface area (Å²) in [7, 11) is 1.66. The Hall–Kier alpha value is -2.57. The average Bonchev–Trinajstić information content (AvgIpc) is 3.12. The molecule has 3 rings (SSSR count). The highest BCUT2D eigenvalue weighted by atomic mass is 19.4. The highest BCUT2D eigenvalue weighted by Gasteiger charge is 2.30. The number of ether oxygens (including phenoxy) is 1. The summed E-state index contributed by atoms with van der Waals surface area (Å²) in [4.78, 5) is 1.24. The summed E-state index contributed by atoms with van der Waals surface area (Å²) >= 11 is 0. The maximum atomic E-state index is 12.8. The Labute approximate surface area is 175 Å². The number of hydrogen-bond donors (Lipinski definition) is 1. The first-order chi connectivity index (χ1) is 14.3. The topological polar surface area (TPSA) is 18.6 Å². The first-order valence-electron chi connectivity index (χ1n) is 10.0. The first-order valence-corrected chi connectivity index (χ1v) is 10.0. The number of aromatic nitrogens is 1. The van der Waals surface area contributed by atoms with Crippen molar-refractivity contribution in [2.24, 2.45) is 0 Å². The van der Waals surface area contributed by atoms with Crippen molar-refractivity contribution in [1.29, 1.82) is 0 Å². The molecule has 0 saturated carbocycles. The van der Waals surface area contributed by atoms with E-state index in [1.807, 2.05) is 6.07 Å². The van der Waals surface area contributed by atoms with Crippen LogP contribution in [-0.4, -0.2) is 24.8 Å². The van der Waals surface area contributed by atoms with Gasteiger partial charge in [-0.25, -0.2) is 0 Å². The lowest BCUT2D eigenvalue weighted by Crippen LogP contribution is -3.10. The number of benzene rings is 2. The van der Waals surface area contributed by atoms with E-state index in [0.29, 0.717) is 13.2 Å². The molecule has 1 heterocycles. The Morgan fingerprint density at radius 1 is 0.933 bits per heavy atom. The van der Waals surface area contributed by atoms with Crippen molar-refractivity contribution in [3.63, 3.8) is 0 Å². The van der Waals surface area contributed by atoms with E-state index in [0.717, 1.165) is 37.3 Å². The van der Waals surface area contributed by atoms with Gasteiger partial charge in [0.15, 0.2) is 0 Å². The number of hydrogen-bond acceptors (Lipinski definition) is 1. The van der Waals surface area contributed by atoms with Gasteiger partial charge in [0.25, 0.3) is 0 Å². The maximum Gasteiger partial charge on any atom is 0.416 e. The third-order valence-electron chi connectivity index (χ3n) is 5.19. The molecule has 0 aliphatic rings. The van der Waals surface area contributed by atoms with Crippen molar-refractivity contribution in [1.82, 2.24) is 4.57 Å². The largest absolute Gasteiger partial charge is 0.416 e. The third kappa shape index (κ3) is 6.21. The van der Waals surface area contributed by atoms with Gasteiger partial charge in [-0.1, -0.05) is 42.0 Å². The molecule has 0 spiro atoms. The van der Waals surface area contributed by atoms with Crippen LogP contribution in [0.15, 0.2) is 66.9 Å². The number of alkyl halides is 3. The lowest BCUT2D eigenvalue weighted by Gasteiger charge is -2.21. The number of nitrogens with one attached hydrogen (secondary N) is 1. The van der Waals surface area contributed by atoms with E-state index >= 15 is 0 Å². The fourth-order valence-electron chi connectivity index (χ4n) is 3.61. The van der Waals surface area contributed by atoms with Crippen LogP contribution in [0.4, 0.5) is 13.2 Å². The number of quaternary nitrogens is 1. The molecule has 0 aliphatic heterocycles. The van der Waals surface area contributed by atoms with Crippen molar-refractivity contribution >= 4 is 0 Å². The normalized spacial score (nSPS) is 12.8. The number of methoxy groups -OCH3 is 1. The molecular weight excluding hydrogens is 389 g/mol. The van der Waals surface area contributed by atoms with E-state index in [9.17, 15) is 13.2 Å². The molecule has 1 atom stereocenters. The van der Waals surface area contributed by atoms with Crippen molar-refractivity contribution in [3.05, 3.63) is 94.8 Å². The summed E-state index contributed by atoms with van der Waals surface area (Å²) in [5, 5.41) is 0. The van der Waals surface area contributed by atoms with Gasteiger partial charge in [0.2, 0.25) is 0 Å². The second kappa shape index (κ2) is 9.96. The van der Waals surface area contributed by atoms with E-state index < -0.39 is 11.7 Å². The molecule has 0 fully saturated rings. The molecule has 3 nitrogen and oxygen atoms in total. The van der Waals surface area contributed by atoms with Gasteiger partial charge in [0, 0.05) is 25.4 Å². The molecule has 1 N–H and O–H groups in total. The third-order valence-corrected chi connectivity index (χ3v) is 5.19. The molecule has 0 amide bonds. The van der Waals surface area contributed by atoms with Crippen LogP contribution < -0.4 is 4.90 Å². The molecule has 3 aromatic rings. The summed E-state index contributed by atoms with van der Waals surface area (Å²) < 4.78 is 46.0. The summed E-state index contributed by atoms with van der Waals surface area (Å²) in [5.74, 6) is 0. The zero-order chi connectivity index (χ0) is 21.6. The van der Waals surface area contributed by atoms with Gasteiger partial charge in [-0.3, -0.25) is 0 Å². The molecular formula is C24H28F3N2O+. The second-order valence-electron chi connectivity index (χ2n) is 7.66. The molecule has 0 bridgehead atoms. The molecule has 30 heavy (non-hydrogen) atoms. The molecule has 0 radical (unpaired) electrons. The van der Waals surface area contributed by atoms with Gasteiger partial charge in [0.05, 0.1) is 17.9 Å². The van der Waals surface area contributed by atoms with E-state index in [2.05, 4.69) is 48.0 Å². The Morgan fingerprint density at radius 2 is 1.70 bits per heavy atom. The molecule has 0 aliphatic carbocycles. The molecule has 0 saturated heterocycles. The summed E-state index contributed by atoms with van der Waals surface area (Å²) in [5.41, 5.74) is 3.93. The van der Waals surface area contributed by atoms with E-state index in [4.69, 9.17) is 4.74 Å². The predicted molar refractivity (Wildman–Crippen MR) is 111 cm³/mol. The monoisotopic (exact) mass is 417 g/mol. The second-order valence-corrected chi connectivity index (χ2v) is 7.66. The Morgan fingerprint density at radius 3 is 2.37 bits per heavy atom. The fraction of sp³-hybridized carbons (Fsp3) is 0.333. The number of rotatable bonds is 9. The van der Waals surface area contributed by atoms with E-state index in [-0.39, 0.29) is 0 Å². The van der Waals surface area contributed by atoms with E-state index in [1.54, 1.807) is 19.2 Å². The van der Waals surface area contributed by atoms with Crippen LogP contribution in [0.25, 0.3) is 0 Å². The Balaban J connectivity index is 1.72. The molecule has 1 unspecified atom stereocenters. The Kier molecular flexibility index (Phi) is 7.34. The minimum atomic E-state index is -4.31. The van der Waals surface area contributed by atoms with Crippen LogP contribution in [0.1, 0.15) is 27.9 Å². The van der Waals surface area contributed by atoms with Crippen LogP contribution in [0.5, 0.6) is 0 Å². The van der Waals surface area contributed by atoms with Crippen LogP contribution >= 0.6 is 0 Å². The minimum absolute atomic E-state index is 0.592. The lowest BCUT2D eigenvalue weighted by molar-refractivity contribution is -0.928. The van der Waals surface area contributed by atoms with Crippen molar-refractivity contribution < 1.29 is 22.8 Å². The van der Waals surface area contributed by atoms with Crippen LogP contribution in [0, 0.1) is 6.92 Å². The van der Waals surface area contributed by atoms with Crippen molar-refractivity contribution in [3.8, 4) is 0 Å². The molecule has 160 valence electrons. The van der Waals surface area contributed by atoms with Crippen LogP contribution in [0.2, 0.25) is 0 Å². The quantitative estimate of drug-likeness (QED) is 0.555. The fourth-order valence-corrected chi connectivity index (χ4v) is 3.61. The summed E-state index contributed by atoms with van der Waals surface area (Å²) in [6, 6.07) is 18.0. The van der Waals surface area contributed by atoms with Crippen molar-refractivity contribution in [2.75, 3.05) is 20.3 Å². The van der Waals surface area contributed by atoms with Gasteiger partial charge >= 0.3 is 6.18 Å². The van der Waals surface area contributed by atoms with Crippen molar-refractivity contribution in [2.45, 2.75) is 32.7 Å². The molecule has 1 aromatic heterocycles. The maximum absolute atomic E-state index is 12.8. The number of aryl methyl sites for hydroxylation is 1. The SMILES string of the molecule is COCC[NH+](Cc1ccc(C(F)(F)F)cc1)Cc1cccn1Cc1cccc(C)c1. The zero-order valence-electron chi connectivity index (χ0n) is 17.4. The van der Waals surface area contributed by atoms with Gasteiger partial charge in [-0.15, -0.1) is 0 Å². The van der Waals surface area contributed by atoms with Gasteiger partial charge < -0.3 is 14.2 Å².